The lowest BCUT2D eigenvalue weighted by molar-refractivity contribution is 0.0929. The van der Waals surface area contributed by atoms with Crippen LogP contribution < -0.4 is 11.1 Å². The highest BCUT2D eigenvalue weighted by Crippen LogP contribution is 2.23. The zero-order valence-corrected chi connectivity index (χ0v) is 16.4. The van der Waals surface area contributed by atoms with Crippen LogP contribution in [-0.4, -0.2) is 27.8 Å². The van der Waals surface area contributed by atoms with E-state index < -0.39 is 0 Å². The molecule has 0 atom stereocenters. The molecule has 3 N–H and O–H groups in total. The molecule has 0 unspecified atom stereocenters. The number of rotatable bonds is 5. The van der Waals surface area contributed by atoms with Crippen LogP contribution in [0.5, 0.6) is 0 Å². The molecule has 0 spiro atoms. The smallest absolute Gasteiger partial charge is 0.268 e. The Kier molecular flexibility index (Phi) is 4.99. The fourth-order valence-corrected chi connectivity index (χ4v) is 3.54. The number of nitrogens with zero attached hydrogens (tertiary/aromatic N) is 3. The highest BCUT2D eigenvalue weighted by Gasteiger charge is 2.20. The maximum absolute atomic E-state index is 12.0. The number of hydrogen-bond acceptors (Lipinski definition) is 3. The number of allylic oxidation sites excluding steroid dienone is 1. The van der Waals surface area contributed by atoms with Gasteiger partial charge >= 0.3 is 0 Å². The minimum atomic E-state index is -0.0732. The normalized spacial score (nSPS) is 14.6. The highest BCUT2D eigenvalue weighted by molar-refractivity contribution is 5.99. The molecule has 2 aromatic heterocycles. The van der Waals surface area contributed by atoms with Gasteiger partial charge < -0.3 is 15.6 Å². The van der Waals surface area contributed by atoms with Crippen LogP contribution in [0.15, 0.2) is 71.8 Å². The van der Waals surface area contributed by atoms with E-state index in [2.05, 4.69) is 34.0 Å². The van der Waals surface area contributed by atoms with E-state index in [0.717, 1.165) is 23.0 Å². The highest BCUT2D eigenvalue weighted by atomic mass is 16.2. The fourth-order valence-electron chi connectivity index (χ4n) is 3.54. The fraction of sp³-hybridized carbons (Fsp3) is 0.174. The van der Waals surface area contributed by atoms with Crippen LogP contribution in [0, 0.1) is 0 Å². The van der Waals surface area contributed by atoms with Crippen molar-refractivity contribution in [3.05, 3.63) is 83.7 Å². The van der Waals surface area contributed by atoms with E-state index in [1.807, 2.05) is 54.0 Å². The molecule has 1 aliphatic rings. The van der Waals surface area contributed by atoms with E-state index in [0.29, 0.717) is 36.0 Å². The van der Waals surface area contributed by atoms with Gasteiger partial charge in [0.15, 0.2) is 0 Å². The lowest BCUT2D eigenvalue weighted by atomic mass is 10.1. The van der Waals surface area contributed by atoms with E-state index in [1.165, 1.54) is 5.56 Å². The molecule has 6 nitrogen and oxygen atoms in total. The van der Waals surface area contributed by atoms with E-state index in [-0.39, 0.29) is 5.91 Å². The van der Waals surface area contributed by atoms with E-state index in [1.54, 1.807) is 0 Å². The molecule has 3 heterocycles. The van der Waals surface area contributed by atoms with Crippen molar-refractivity contribution in [2.75, 3.05) is 6.54 Å². The molecule has 0 saturated heterocycles. The van der Waals surface area contributed by atoms with Crippen molar-refractivity contribution in [2.24, 2.45) is 10.7 Å². The number of nitrogens with one attached hydrogen (secondary N) is 1. The molecular formula is C23H23N5O. The van der Waals surface area contributed by atoms with Crippen LogP contribution in [0.1, 0.15) is 28.7 Å². The standard InChI is InChI=1S/C23H23N5O/c1-15(12-17-6-4-3-5-7-17)13-21(24)26-16(2)19-9-8-18-14-20-23(29)25-10-11-28(20)22(18)27-19/h3-9,13-14H,2,10-12H2,1H3,(H2,24,26)(H,25,29). The molecule has 1 aliphatic heterocycles. The van der Waals surface area contributed by atoms with Gasteiger partial charge in [0.05, 0.1) is 11.4 Å². The molecule has 3 aromatic rings. The number of hydrogen-bond donors (Lipinski definition) is 2. The van der Waals surface area contributed by atoms with Gasteiger partial charge in [-0.2, -0.15) is 0 Å². The number of aromatic nitrogens is 2. The summed E-state index contributed by atoms with van der Waals surface area (Å²) in [5.74, 6) is 0.317. The number of nitrogens with two attached hydrogens (primary N) is 1. The second-order valence-corrected chi connectivity index (χ2v) is 7.18. The van der Waals surface area contributed by atoms with Gasteiger partial charge in [-0.1, -0.05) is 42.5 Å². The minimum absolute atomic E-state index is 0.0732. The summed E-state index contributed by atoms with van der Waals surface area (Å²) in [4.78, 5) is 21.1. The maximum Gasteiger partial charge on any atom is 0.268 e. The molecule has 0 saturated carbocycles. The zero-order chi connectivity index (χ0) is 20.4. The predicted molar refractivity (Wildman–Crippen MR) is 117 cm³/mol. The number of pyridine rings is 1. The largest absolute Gasteiger partial charge is 0.384 e. The minimum Gasteiger partial charge on any atom is -0.384 e. The number of carbonyl (C=O) groups excluding carboxylic acids is 1. The van der Waals surface area contributed by atoms with Crippen LogP contribution in [0.2, 0.25) is 0 Å². The Bertz CT molecular complexity index is 1150. The molecule has 4 rings (SSSR count). The number of benzene rings is 1. The van der Waals surface area contributed by atoms with Crippen molar-refractivity contribution >= 4 is 28.5 Å². The predicted octanol–water partition coefficient (Wildman–Crippen LogP) is 3.30. The van der Waals surface area contributed by atoms with Crippen molar-refractivity contribution in [3.63, 3.8) is 0 Å². The average molecular weight is 385 g/mol. The summed E-state index contributed by atoms with van der Waals surface area (Å²) in [6.07, 6.45) is 2.67. The Balaban J connectivity index is 1.56. The SMILES string of the molecule is C=C(N=C(N)C=C(C)Cc1ccccc1)c1ccc2cc3n(c2n1)CCNC3=O. The number of amidine groups is 1. The first-order valence-corrected chi connectivity index (χ1v) is 9.54. The molecule has 1 amide bonds. The monoisotopic (exact) mass is 385 g/mol. The molecule has 29 heavy (non-hydrogen) atoms. The summed E-state index contributed by atoms with van der Waals surface area (Å²) < 4.78 is 1.93. The molecule has 146 valence electrons. The third-order valence-corrected chi connectivity index (χ3v) is 4.88. The average Bonchev–Trinajstić information content (AvgIpc) is 3.08. The van der Waals surface area contributed by atoms with Gasteiger partial charge in [-0.15, -0.1) is 0 Å². The third-order valence-electron chi connectivity index (χ3n) is 4.88. The summed E-state index contributed by atoms with van der Waals surface area (Å²) >= 11 is 0. The van der Waals surface area contributed by atoms with Crippen LogP contribution in [0.3, 0.4) is 0 Å². The second kappa shape index (κ2) is 7.75. The number of amides is 1. The van der Waals surface area contributed by atoms with Gasteiger partial charge in [0, 0.05) is 18.5 Å². The van der Waals surface area contributed by atoms with Crippen molar-refractivity contribution in [2.45, 2.75) is 19.9 Å². The topological polar surface area (TPSA) is 85.3 Å². The Morgan fingerprint density at radius 1 is 1.31 bits per heavy atom. The van der Waals surface area contributed by atoms with E-state index >= 15 is 0 Å². The summed E-state index contributed by atoms with van der Waals surface area (Å²) in [7, 11) is 0. The molecule has 0 fully saturated rings. The molecule has 0 radical (unpaired) electrons. The van der Waals surface area contributed by atoms with Crippen LogP contribution in [-0.2, 0) is 13.0 Å². The van der Waals surface area contributed by atoms with Crippen molar-refractivity contribution < 1.29 is 4.79 Å². The van der Waals surface area contributed by atoms with Crippen molar-refractivity contribution in [1.82, 2.24) is 14.9 Å². The van der Waals surface area contributed by atoms with Crippen molar-refractivity contribution in [3.8, 4) is 0 Å². The number of fused-ring (bicyclic) bond motifs is 3. The quantitative estimate of drug-likeness (QED) is 0.522. The Labute approximate surface area is 169 Å². The Hall–Kier alpha value is -3.67. The summed E-state index contributed by atoms with van der Waals surface area (Å²) in [6, 6.07) is 15.9. The third kappa shape index (κ3) is 3.96. The van der Waals surface area contributed by atoms with Gasteiger partial charge in [0.25, 0.3) is 5.91 Å². The summed E-state index contributed by atoms with van der Waals surface area (Å²) in [5.41, 5.74) is 11.0. The summed E-state index contributed by atoms with van der Waals surface area (Å²) in [5, 5.41) is 3.77. The Morgan fingerprint density at radius 2 is 2.10 bits per heavy atom. The first kappa shape index (κ1) is 18.7. The summed E-state index contributed by atoms with van der Waals surface area (Å²) in [6.45, 7) is 7.35. The van der Waals surface area contributed by atoms with Gasteiger partial charge in [-0.05, 0) is 43.2 Å². The molecule has 0 aliphatic carbocycles. The molecular weight excluding hydrogens is 362 g/mol. The lowest BCUT2D eigenvalue weighted by Crippen LogP contribution is -2.34. The van der Waals surface area contributed by atoms with Crippen molar-refractivity contribution in [1.29, 1.82) is 0 Å². The van der Waals surface area contributed by atoms with E-state index in [4.69, 9.17) is 5.73 Å². The first-order valence-electron chi connectivity index (χ1n) is 9.54. The molecule has 6 heteroatoms. The van der Waals surface area contributed by atoms with Gasteiger partial charge in [0.1, 0.15) is 17.2 Å². The number of aliphatic imine (C=N–C) groups is 1. The molecule has 1 aromatic carbocycles. The second-order valence-electron chi connectivity index (χ2n) is 7.18. The van der Waals surface area contributed by atoms with Crippen LogP contribution in [0.25, 0.3) is 16.7 Å². The molecule has 0 bridgehead atoms. The number of carbonyl (C=O) groups is 1. The lowest BCUT2D eigenvalue weighted by Gasteiger charge is -2.16. The Morgan fingerprint density at radius 3 is 2.90 bits per heavy atom. The van der Waals surface area contributed by atoms with Crippen LogP contribution in [0.4, 0.5) is 0 Å². The van der Waals surface area contributed by atoms with Crippen LogP contribution >= 0.6 is 0 Å². The van der Waals surface area contributed by atoms with Gasteiger partial charge in [-0.3, -0.25) is 4.79 Å². The van der Waals surface area contributed by atoms with Gasteiger partial charge in [0.2, 0.25) is 0 Å². The maximum atomic E-state index is 12.0. The zero-order valence-electron chi connectivity index (χ0n) is 16.4. The van der Waals surface area contributed by atoms with Gasteiger partial charge in [-0.25, -0.2) is 9.98 Å². The van der Waals surface area contributed by atoms with E-state index in [9.17, 15) is 4.79 Å². The first-order chi connectivity index (χ1) is 14.0.